The average molecular weight is 380 g/mol. The second-order valence-corrected chi connectivity index (χ2v) is 8.01. The maximum atomic E-state index is 12.6. The topological polar surface area (TPSA) is 76.0 Å². The van der Waals surface area contributed by atoms with Crippen LogP contribution in [0.2, 0.25) is 0 Å². The smallest absolute Gasteiger partial charge is 0.255 e. The predicted molar refractivity (Wildman–Crippen MR) is 107 cm³/mol. The van der Waals surface area contributed by atoms with Crippen LogP contribution in [0.4, 0.5) is 0 Å². The van der Waals surface area contributed by atoms with E-state index in [0.717, 1.165) is 23.6 Å². The number of amides is 2. The van der Waals surface area contributed by atoms with Crippen molar-refractivity contribution >= 4 is 11.8 Å². The van der Waals surface area contributed by atoms with Gasteiger partial charge in [-0.1, -0.05) is 56.0 Å². The molecule has 6 nitrogen and oxygen atoms in total. The molecular formula is C22H28N4O2. The molecule has 1 aromatic carbocycles. The van der Waals surface area contributed by atoms with Crippen LogP contribution in [0.15, 0.2) is 36.5 Å². The summed E-state index contributed by atoms with van der Waals surface area (Å²) in [6.45, 7) is 1.13. The van der Waals surface area contributed by atoms with E-state index in [2.05, 4.69) is 15.7 Å². The third-order valence-electron chi connectivity index (χ3n) is 5.94. The standard InChI is InChI=1S/C22H28N4O2/c27-21(11-10-16-6-4-5-7-16)25-18-12-20-19(14-24-26(20)15-18)22(28)23-13-17-8-2-1-3-9-17/h1-3,8-9,14,16,18H,4-7,10-13,15H2,(H,23,28)(H,25,27)/t18-/m0/s1. The zero-order valence-corrected chi connectivity index (χ0v) is 16.2. The maximum absolute atomic E-state index is 12.6. The van der Waals surface area contributed by atoms with Gasteiger partial charge < -0.3 is 10.6 Å². The Bertz CT molecular complexity index is 824. The van der Waals surface area contributed by atoms with Gasteiger partial charge in [-0.3, -0.25) is 14.3 Å². The summed E-state index contributed by atoms with van der Waals surface area (Å²) >= 11 is 0. The zero-order chi connectivity index (χ0) is 19.3. The highest BCUT2D eigenvalue weighted by atomic mass is 16.2. The van der Waals surface area contributed by atoms with E-state index < -0.39 is 0 Å². The minimum atomic E-state index is -0.113. The van der Waals surface area contributed by atoms with Gasteiger partial charge in [0.15, 0.2) is 0 Å². The van der Waals surface area contributed by atoms with Crippen LogP contribution in [-0.4, -0.2) is 27.6 Å². The summed E-state index contributed by atoms with van der Waals surface area (Å²) in [6.07, 6.45) is 9.05. The number of benzene rings is 1. The Morgan fingerprint density at radius 2 is 1.93 bits per heavy atom. The normalized spacial score (nSPS) is 18.8. The van der Waals surface area contributed by atoms with Gasteiger partial charge in [0, 0.05) is 19.4 Å². The molecule has 2 aliphatic rings. The molecule has 2 amide bonds. The molecule has 1 atom stereocenters. The number of aromatic nitrogens is 2. The highest BCUT2D eigenvalue weighted by Gasteiger charge is 2.29. The van der Waals surface area contributed by atoms with Crippen LogP contribution in [0, 0.1) is 5.92 Å². The SMILES string of the molecule is O=C(CCC1CCCC1)N[C@H]1Cc2c(C(=O)NCc3ccccc3)cnn2C1. The van der Waals surface area contributed by atoms with E-state index in [9.17, 15) is 9.59 Å². The lowest BCUT2D eigenvalue weighted by Crippen LogP contribution is -2.36. The molecule has 1 aliphatic carbocycles. The molecular weight excluding hydrogens is 352 g/mol. The number of rotatable bonds is 7. The summed E-state index contributed by atoms with van der Waals surface area (Å²) in [5, 5.41) is 10.4. The number of fused-ring (bicyclic) bond motifs is 1. The largest absolute Gasteiger partial charge is 0.351 e. The molecule has 2 heterocycles. The molecule has 0 bridgehead atoms. The van der Waals surface area contributed by atoms with Crippen LogP contribution in [0.5, 0.6) is 0 Å². The van der Waals surface area contributed by atoms with Crippen molar-refractivity contribution in [3.8, 4) is 0 Å². The van der Waals surface area contributed by atoms with Crippen molar-refractivity contribution < 1.29 is 9.59 Å². The number of nitrogens with one attached hydrogen (secondary N) is 2. The lowest BCUT2D eigenvalue weighted by atomic mass is 10.0. The molecule has 1 saturated carbocycles. The molecule has 1 fully saturated rings. The van der Waals surface area contributed by atoms with E-state index in [1.807, 2.05) is 35.0 Å². The second kappa shape index (κ2) is 8.59. The monoisotopic (exact) mass is 380 g/mol. The van der Waals surface area contributed by atoms with E-state index in [1.54, 1.807) is 6.20 Å². The number of carbonyl (C=O) groups excluding carboxylic acids is 2. The average Bonchev–Trinajstić information content (AvgIpc) is 3.42. The summed E-state index contributed by atoms with van der Waals surface area (Å²) in [4.78, 5) is 24.9. The summed E-state index contributed by atoms with van der Waals surface area (Å²) < 4.78 is 1.85. The van der Waals surface area contributed by atoms with E-state index in [0.29, 0.717) is 31.5 Å². The predicted octanol–water partition coefficient (Wildman–Crippen LogP) is 2.82. The minimum Gasteiger partial charge on any atom is -0.351 e. The molecule has 0 saturated heterocycles. The van der Waals surface area contributed by atoms with Gasteiger partial charge in [-0.25, -0.2) is 0 Å². The Kier molecular flexibility index (Phi) is 5.74. The van der Waals surface area contributed by atoms with Gasteiger partial charge in [-0.15, -0.1) is 0 Å². The van der Waals surface area contributed by atoms with Gasteiger partial charge in [-0.05, 0) is 17.9 Å². The molecule has 1 aliphatic heterocycles. The van der Waals surface area contributed by atoms with Crippen LogP contribution in [0.25, 0.3) is 0 Å². The summed E-state index contributed by atoms with van der Waals surface area (Å²) in [7, 11) is 0. The summed E-state index contributed by atoms with van der Waals surface area (Å²) in [6, 6.07) is 9.87. The van der Waals surface area contributed by atoms with Gasteiger partial charge in [0.1, 0.15) is 0 Å². The van der Waals surface area contributed by atoms with Crippen LogP contribution >= 0.6 is 0 Å². The first kappa shape index (κ1) is 18.7. The maximum Gasteiger partial charge on any atom is 0.255 e. The van der Waals surface area contributed by atoms with Crippen molar-refractivity contribution in [1.82, 2.24) is 20.4 Å². The summed E-state index contributed by atoms with van der Waals surface area (Å²) in [5.74, 6) is 0.737. The van der Waals surface area contributed by atoms with Crippen LogP contribution < -0.4 is 10.6 Å². The van der Waals surface area contributed by atoms with Crippen LogP contribution in [0.1, 0.15) is 60.1 Å². The van der Waals surface area contributed by atoms with Crippen LogP contribution in [0.3, 0.4) is 0 Å². The Balaban J connectivity index is 1.27. The molecule has 6 heteroatoms. The van der Waals surface area contributed by atoms with Crippen molar-refractivity contribution in [2.75, 3.05) is 0 Å². The van der Waals surface area contributed by atoms with E-state index in [1.165, 1.54) is 25.7 Å². The number of hydrogen-bond acceptors (Lipinski definition) is 3. The van der Waals surface area contributed by atoms with E-state index >= 15 is 0 Å². The third-order valence-corrected chi connectivity index (χ3v) is 5.94. The van der Waals surface area contributed by atoms with E-state index in [-0.39, 0.29) is 17.9 Å². The highest BCUT2D eigenvalue weighted by molar-refractivity contribution is 5.95. The fraction of sp³-hybridized carbons (Fsp3) is 0.500. The fourth-order valence-electron chi connectivity index (χ4n) is 4.38. The lowest BCUT2D eigenvalue weighted by molar-refractivity contribution is -0.122. The molecule has 2 aromatic rings. The summed E-state index contributed by atoms with van der Waals surface area (Å²) in [5.41, 5.74) is 2.58. The van der Waals surface area contributed by atoms with Crippen molar-refractivity contribution in [1.29, 1.82) is 0 Å². The Morgan fingerprint density at radius 1 is 1.14 bits per heavy atom. The molecule has 4 rings (SSSR count). The Hall–Kier alpha value is -2.63. The van der Waals surface area contributed by atoms with Crippen molar-refractivity contribution in [2.24, 2.45) is 5.92 Å². The molecule has 2 N–H and O–H groups in total. The minimum absolute atomic E-state index is 0.0282. The van der Waals surface area contributed by atoms with Crippen molar-refractivity contribution in [2.45, 2.75) is 64.1 Å². The number of carbonyl (C=O) groups is 2. The van der Waals surface area contributed by atoms with Gasteiger partial charge in [-0.2, -0.15) is 5.10 Å². The molecule has 0 spiro atoms. The molecule has 148 valence electrons. The first-order chi connectivity index (χ1) is 13.7. The third kappa shape index (κ3) is 4.43. The van der Waals surface area contributed by atoms with E-state index in [4.69, 9.17) is 0 Å². The van der Waals surface area contributed by atoms with Crippen LogP contribution in [-0.2, 0) is 24.3 Å². The van der Waals surface area contributed by atoms with Crippen molar-refractivity contribution in [3.05, 3.63) is 53.3 Å². The fourth-order valence-corrected chi connectivity index (χ4v) is 4.38. The molecule has 0 unspecified atom stereocenters. The molecule has 0 radical (unpaired) electrons. The van der Waals surface area contributed by atoms with Gasteiger partial charge >= 0.3 is 0 Å². The highest BCUT2D eigenvalue weighted by Crippen LogP contribution is 2.28. The van der Waals surface area contributed by atoms with Crippen molar-refractivity contribution in [3.63, 3.8) is 0 Å². The number of hydrogen-bond donors (Lipinski definition) is 2. The lowest BCUT2D eigenvalue weighted by Gasteiger charge is -2.13. The quantitative estimate of drug-likeness (QED) is 0.775. The number of nitrogens with zero attached hydrogens (tertiary/aromatic N) is 2. The zero-order valence-electron chi connectivity index (χ0n) is 16.2. The molecule has 28 heavy (non-hydrogen) atoms. The first-order valence-corrected chi connectivity index (χ1v) is 10.3. The first-order valence-electron chi connectivity index (χ1n) is 10.3. The van der Waals surface area contributed by atoms with Gasteiger partial charge in [0.05, 0.1) is 30.0 Å². The Labute approximate surface area is 165 Å². The molecule has 1 aromatic heterocycles. The van der Waals surface area contributed by atoms with Gasteiger partial charge in [0.2, 0.25) is 5.91 Å². The second-order valence-electron chi connectivity index (χ2n) is 8.01. The Morgan fingerprint density at radius 3 is 2.71 bits per heavy atom. The van der Waals surface area contributed by atoms with Gasteiger partial charge in [0.25, 0.3) is 5.91 Å².